The second-order valence-electron chi connectivity index (χ2n) is 3.98. The van der Waals surface area contributed by atoms with Crippen LogP contribution < -0.4 is 10.0 Å². The molecule has 0 unspecified atom stereocenters. The van der Waals surface area contributed by atoms with Gasteiger partial charge in [0.25, 0.3) is 11.1 Å². The Kier molecular flexibility index (Phi) is 3.66. The van der Waals surface area contributed by atoms with Crippen LogP contribution in [0.4, 0.5) is 10.1 Å². The van der Waals surface area contributed by atoms with E-state index in [2.05, 4.69) is 5.32 Å². The number of amides is 1. The molecule has 1 amide bonds. The van der Waals surface area contributed by atoms with Crippen molar-refractivity contribution in [2.45, 2.75) is 6.92 Å². The molecule has 0 saturated carbocycles. The van der Waals surface area contributed by atoms with E-state index in [9.17, 15) is 14.4 Å². The van der Waals surface area contributed by atoms with E-state index in [1.165, 1.54) is 30.3 Å². The molecule has 0 atom stereocenters. The summed E-state index contributed by atoms with van der Waals surface area (Å²) in [4.78, 5) is 11.9. The fourth-order valence-corrected chi connectivity index (χ4v) is 1.67. The first-order valence-electron chi connectivity index (χ1n) is 5.43. The number of anilines is 1. The molecule has 0 spiro atoms. The molecule has 1 aromatic carbocycles. The molecule has 98 valence electrons. The third-order valence-corrected chi connectivity index (χ3v) is 2.86. The van der Waals surface area contributed by atoms with Gasteiger partial charge >= 0.3 is 0 Å². The number of carbonyl (C=O) groups excluding carboxylic acids is 1. The quantitative estimate of drug-likeness (QED) is 0.522. The minimum Gasteiger partial charge on any atom is -0.618 e. The van der Waals surface area contributed by atoms with Crippen LogP contribution in [0.2, 0.25) is 5.15 Å². The Labute approximate surface area is 114 Å². The highest BCUT2D eigenvalue weighted by Gasteiger charge is 2.12. The highest BCUT2D eigenvalue weighted by molar-refractivity contribution is 6.28. The molecule has 19 heavy (non-hydrogen) atoms. The predicted octanol–water partition coefficient (Wildman–Crippen LogP) is 2.67. The van der Waals surface area contributed by atoms with Crippen LogP contribution in [-0.2, 0) is 0 Å². The zero-order chi connectivity index (χ0) is 14.0. The topological polar surface area (TPSA) is 56.0 Å². The van der Waals surface area contributed by atoms with Gasteiger partial charge in [-0.15, -0.1) is 0 Å². The van der Waals surface area contributed by atoms with E-state index in [0.717, 1.165) is 6.20 Å². The molecule has 0 aliphatic rings. The Morgan fingerprint density at radius 3 is 2.74 bits per heavy atom. The summed E-state index contributed by atoms with van der Waals surface area (Å²) in [6.07, 6.45) is 1.08. The molecule has 0 aliphatic carbocycles. The molecular formula is C13H10ClFN2O2. The molecule has 0 bridgehead atoms. The summed E-state index contributed by atoms with van der Waals surface area (Å²) in [7, 11) is 0. The normalized spacial score (nSPS) is 10.3. The molecule has 0 saturated heterocycles. The lowest BCUT2D eigenvalue weighted by atomic mass is 10.2. The summed E-state index contributed by atoms with van der Waals surface area (Å²) in [5.74, 6) is -0.838. The summed E-state index contributed by atoms with van der Waals surface area (Å²) in [5, 5.41) is 13.8. The summed E-state index contributed by atoms with van der Waals surface area (Å²) in [5.41, 5.74) is 1.25. The lowest BCUT2D eigenvalue weighted by Crippen LogP contribution is -2.29. The first-order valence-corrected chi connectivity index (χ1v) is 5.81. The minimum atomic E-state index is -0.462. The first kappa shape index (κ1) is 13.3. The maximum absolute atomic E-state index is 12.9. The number of nitrogens with zero attached hydrogens (tertiary/aromatic N) is 1. The smallest absolute Gasteiger partial charge is 0.286 e. The van der Waals surface area contributed by atoms with Crippen molar-refractivity contribution in [3.63, 3.8) is 0 Å². The van der Waals surface area contributed by atoms with Crippen LogP contribution in [0.3, 0.4) is 0 Å². The van der Waals surface area contributed by atoms with E-state index < -0.39 is 5.91 Å². The summed E-state index contributed by atoms with van der Waals surface area (Å²) in [6.45, 7) is 1.67. The van der Waals surface area contributed by atoms with Crippen molar-refractivity contribution < 1.29 is 13.9 Å². The van der Waals surface area contributed by atoms with Gasteiger partial charge < -0.3 is 10.5 Å². The molecule has 4 nitrogen and oxygen atoms in total. The van der Waals surface area contributed by atoms with Crippen molar-refractivity contribution in [1.82, 2.24) is 0 Å². The standard InChI is InChI=1S/C13H10ClFN2O2/c1-8-6-10(15)3-4-11(8)16-13(18)9-2-5-12(14)17(19)7-9/h2-7H,1H3,(H,16,18). The Bertz CT molecular complexity index is 647. The zero-order valence-electron chi connectivity index (χ0n) is 9.98. The fraction of sp³-hybridized carbons (Fsp3) is 0.0769. The van der Waals surface area contributed by atoms with Crippen LogP contribution in [0.5, 0.6) is 0 Å². The van der Waals surface area contributed by atoms with Gasteiger partial charge in [0.2, 0.25) is 0 Å². The number of nitrogens with one attached hydrogen (secondary N) is 1. The second kappa shape index (κ2) is 5.24. The molecule has 0 fully saturated rings. The molecule has 2 rings (SSSR count). The number of carbonyl (C=O) groups is 1. The van der Waals surface area contributed by atoms with Gasteiger partial charge in [-0.3, -0.25) is 4.79 Å². The highest BCUT2D eigenvalue weighted by Crippen LogP contribution is 2.16. The number of hydrogen-bond acceptors (Lipinski definition) is 2. The lowest BCUT2D eigenvalue weighted by molar-refractivity contribution is -0.603. The third kappa shape index (κ3) is 3.00. The number of benzene rings is 1. The van der Waals surface area contributed by atoms with Crippen LogP contribution in [0.1, 0.15) is 15.9 Å². The van der Waals surface area contributed by atoms with Gasteiger partial charge in [-0.05, 0) is 48.4 Å². The van der Waals surface area contributed by atoms with Crippen molar-refractivity contribution >= 4 is 23.2 Å². The molecule has 1 heterocycles. The maximum Gasteiger partial charge on any atom is 0.286 e. The molecule has 0 aliphatic heterocycles. The maximum atomic E-state index is 12.9. The van der Waals surface area contributed by atoms with Crippen molar-refractivity contribution in [2.75, 3.05) is 5.32 Å². The summed E-state index contributed by atoms with van der Waals surface area (Å²) >= 11 is 5.57. The van der Waals surface area contributed by atoms with E-state index in [4.69, 9.17) is 11.6 Å². The number of rotatable bonds is 2. The lowest BCUT2D eigenvalue weighted by Gasteiger charge is -2.08. The third-order valence-electron chi connectivity index (χ3n) is 2.57. The Morgan fingerprint density at radius 1 is 1.37 bits per heavy atom. The molecular weight excluding hydrogens is 271 g/mol. The number of aromatic nitrogens is 1. The van der Waals surface area contributed by atoms with Gasteiger partial charge in [-0.1, -0.05) is 0 Å². The number of aryl methyl sites for hydroxylation is 1. The molecule has 2 aromatic rings. The van der Waals surface area contributed by atoms with Gasteiger partial charge in [0, 0.05) is 11.8 Å². The molecule has 0 radical (unpaired) electrons. The van der Waals surface area contributed by atoms with Crippen LogP contribution >= 0.6 is 11.6 Å². The van der Waals surface area contributed by atoms with E-state index in [-0.39, 0.29) is 16.5 Å². The van der Waals surface area contributed by atoms with Crippen molar-refractivity contribution in [3.8, 4) is 0 Å². The van der Waals surface area contributed by atoms with Crippen molar-refractivity contribution in [2.24, 2.45) is 0 Å². The zero-order valence-corrected chi connectivity index (χ0v) is 10.7. The van der Waals surface area contributed by atoms with Gasteiger partial charge in [-0.25, -0.2) is 4.39 Å². The van der Waals surface area contributed by atoms with Crippen molar-refractivity contribution in [3.05, 3.63) is 63.8 Å². The van der Waals surface area contributed by atoms with E-state index in [1.807, 2.05) is 0 Å². The second-order valence-corrected chi connectivity index (χ2v) is 4.37. The number of pyridine rings is 1. The van der Waals surface area contributed by atoms with Crippen LogP contribution in [-0.4, -0.2) is 5.91 Å². The Morgan fingerprint density at radius 2 is 2.11 bits per heavy atom. The van der Waals surface area contributed by atoms with E-state index >= 15 is 0 Å². The highest BCUT2D eigenvalue weighted by atomic mass is 35.5. The van der Waals surface area contributed by atoms with E-state index in [0.29, 0.717) is 16.0 Å². The summed E-state index contributed by atoms with van der Waals surface area (Å²) in [6, 6.07) is 6.79. The minimum absolute atomic E-state index is 0.0190. The SMILES string of the molecule is Cc1cc(F)ccc1NC(=O)c1ccc(Cl)[n+]([O-])c1. The van der Waals surface area contributed by atoms with Gasteiger partial charge in [0.05, 0.1) is 0 Å². The Hall–Kier alpha value is -2.14. The van der Waals surface area contributed by atoms with Gasteiger partial charge in [0.15, 0.2) is 6.20 Å². The fourth-order valence-electron chi connectivity index (χ4n) is 1.56. The molecule has 6 heteroatoms. The monoisotopic (exact) mass is 280 g/mol. The van der Waals surface area contributed by atoms with Crippen LogP contribution in [0.25, 0.3) is 0 Å². The van der Waals surface area contributed by atoms with Gasteiger partial charge in [-0.2, -0.15) is 4.73 Å². The molecule has 1 aromatic heterocycles. The van der Waals surface area contributed by atoms with Crippen molar-refractivity contribution in [1.29, 1.82) is 0 Å². The number of hydrogen-bond donors (Lipinski definition) is 1. The number of halogens is 2. The molecule has 1 N–H and O–H groups in total. The van der Waals surface area contributed by atoms with Gasteiger partial charge in [0.1, 0.15) is 11.4 Å². The first-order chi connectivity index (χ1) is 8.97. The summed E-state index contributed by atoms with van der Waals surface area (Å²) < 4.78 is 13.3. The average Bonchev–Trinajstić information content (AvgIpc) is 2.36. The average molecular weight is 281 g/mol. The van der Waals surface area contributed by atoms with E-state index in [1.54, 1.807) is 6.92 Å². The van der Waals surface area contributed by atoms with Crippen LogP contribution in [0, 0.1) is 17.9 Å². The largest absolute Gasteiger partial charge is 0.618 e. The van der Waals surface area contributed by atoms with Crippen LogP contribution in [0.15, 0.2) is 36.5 Å². The Balaban J connectivity index is 2.23. The predicted molar refractivity (Wildman–Crippen MR) is 69.5 cm³/mol.